The highest BCUT2D eigenvalue weighted by Crippen LogP contribution is 2.21. The first-order valence-corrected chi connectivity index (χ1v) is 7.31. The second-order valence-corrected chi connectivity index (χ2v) is 5.68. The van der Waals surface area contributed by atoms with E-state index in [1.165, 1.54) is 4.90 Å². The number of hydrogen-bond acceptors (Lipinski definition) is 3. The lowest BCUT2D eigenvalue weighted by Gasteiger charge is -2.37. The maximum absolute atomic E-state index is 12.4. The zero-order valence-corrected chi connectivity index (χ0v) is 11.9. The summed E-state index contributed by atoms with van der Waals surface area (Å²) in [6, 6.07) is -0.553. The minimum atomic E-state index is -0.889. The van der Waals surface area contributed by atoms with Crippen molar-refractivity contribution in [3.8, 4) is 0 Å². The molecule has 6 heteroatoms. The molecule has 0 spiro atoms. The Bertz CT molecular complexity index is 404. The normalized spacial score (nSPS) is 25.4. The van der Waals surface area contributed by atoms with Gasteiger partial charge in [-0.1, -0.05) is 0 Å². The molecule has 0 aliphatic carbocycles. The lowest BCUT2D eigenvalue weighted by Crippen LogP contribution is -2.54. The van der Waals surface area contributed by atoms with E-state index < -0.39 is 17.9 Å². The SMILES string of the molecule is CC(C(=O)N1CCCCC1)N1CC(C(=O)O)CCC1=O. The molecule has 1 N–H and O–H groups in total. The van der Waals surface area contributed by atoms with Gasteiger partial charge >= 0.3 is 5.97 Å². The van der Waals surface area contributed by atoms with Gasteiger partial charge in [0, 0.05) is 26.1 Å². The van der Waals surface area contributed by atoms with Crippen molar-refractivity contribution in [2.75, 3.05) is 19.6 Å². The highest BCUT2D eigenvalue weighted by atomic mass is 16.4. The van der Waals surface area contributed by atoms with Gasteiger partial charge in [0.1, 0.15) is 6.04 Å². The van der Waals surface area contributed by atoms with E-state index in [9.17, 15) is 14.4 Å². The summed E-state index contributed by atoms with van der Waals surface area (Å²) in [7, 11) is 0. The van der Waals surface area contributed by atoms with Crippen LogP contribution in [-0.2, 0) is 14.4 Å². The van der Waals surface area contributed by atoms with Gasteiger partial charge in [-0.05, 0) is 32.6 Å². The molecule has 112 valence electrons. The first-order chi connectivity index (χ1) is 9.50. The Morgan fingerprint density at radius 1 is 1.25 bits per heavy atom. The van der Waals surface area contributed by atoms with Crippen molar-refractivity contribution in [3.05, 3.63) is 0 Å². The van der Waals surface area contributed by atoms with Crippen molar-refractivity contribution in [2.24, 2.45) is 5.92 Å². The van der Waals surface area contributed by atoms with Crippen LogP contribution < -0.4 is 0 Å². The summed E-state index contributed by atoms with van der Waals surface area (Å²) in [6.07, 6.45) is 3.74. The van der Waals surface area contributed by atoms with Crippen LogP contribution in [-0.4, -0.2) is 58.4 Å². The fourth-order valence-corrected chi connectivity index (χ4v) is 2.96. The van der Waals surface area contributed by atoms with Gasteiger partial charge in [0.25, 0.3) is 0 Å². The monoisotopic (exact) mass is 282 g/mol. The molecule has 0 aromatic heterocycles. The van der Waals surface area contributed by atoms with Gasteiger partial charge in [0.2, 0.25) is 11.8 Å². The van der Waals surface area contributed by atoms with Crippen LogP contribution in [0.5, 0.6) is 0 Å². The van der Waals surface area contributed by atoms with Crippen molar-refractivity contribution in [1.29, 1.82) is 0 Å². The Morgan fingerprint density at radius 2 is 1.90 bits per heavy atom. The maximum Gasteiger partial charge on any atom is 0.308 e. The molecule has 2 unspecified atom stereocenters. The van der Waals surface area contributed by atoms with E-state index in [2.05, 4.69) is 0 Å². The van der Waals surface area contributed by atoms with Crippen LogP contribution in [0.25, 0.3) is 0 Å². The summed E-state index contributed by atoms with van der Waals surface area (Å²) < 4.78 is 0. The predicted molar refractivity (Wildman–Crippen MR) is 72.0 cm³/mol. The number of aliphatic carboxylic acids is 1. The van der Waals surface area contributed by atoms with Gasteiger partial charge in [-0.2, -0.15) is 0 Å². The second-order valence-electron chi connectivity index (χ2n) is 5.68. The van der Waals surface area contributed by atoms with Crippen LogP contribution in [0.3, 0.4) is 0 Å². The third-order valence-corrected chi connectivity index (χ3v) is 4.29. The number of rotatable bonds is 3. The molecule has 2 heterocycles. The third kappa shape index (κ3) is 3.11. The molecule has 2 atom stereocenters. The van der Waals surface area contributed by atoms with Crippen molar-refractivity contribution in [3.63, 3.8) is 0 Å². The average molecular weight is 282 g/mol. The van der Waals surface area contributed by atoms with Gasteiger partial charge in [-0.25, -0.2) is 0 Å². The Morgan fingerprint density at radius 3 is 2.50 bits per heavy atom. The molecular formula is C14H22N2O4. The minimum Gasteiger partial charge on any atom is -0.481 e. The minimum absolute atomic E-state index is 0.0518. The summed E-state index contributed by atoms with van der Waals surface area (Å²) in [6.45, 7) is 3.34. The first kappa shape index (κ1) is 14.8. The van der Waals surface area contributed by atoms with E-state index in [-0.39, 0.29) is 24.8 Å². The van der Waals surface area contributed by atoms with Gasteiger partial charge in [-0.3, -0.25) is 14.4 Å². The first-order valence-electron chi connectivity index (χ1n) is 7.31. The molecule has 6 nitrogen and oxygen atoms in total. The van der Waals surface area contributed by atoms with E-state index in [1.807, 2.05) is 0 Å². The molecule has 0 radical (unpaired) electrons. The second kappa shape index (κ2) is 6.24. The molecule has 20 heavy (non-hydrogen) atoms. The Balaban J connectivity index is 2.01. The summed E-state index contributed by atoms with van der Waals surface area (Å²) >= 11 is 0. The maximum atomic E-state index is 12.4. The molecular weight excluding hydrogens is 260 g/mol. The number of piperidine rings is 2. The van der Waals surface area contributed by atoms with Crippen LogP contribution in [0.2, 0.25) is 0 Å². The topological polar surface area (TPSA) is 77.9 Å². The van der Waals surface area contributed by atoms with Crippen molar-refractivity contribution < 1.29 is 19.5 Å². The highest BCUT2D eigenvalue weighted by Gasteiger charge is 2.36. The fraction of sp³-hybridized carbons (Fsp3) is 0.786. The van der Waals surface area contributed by atoms with Crippen LogP contribution >= 0.6 is 0 Å². The van der Waals surface area contributed by atoms with Crippen molar-refractivity contribution >= 4 is 17.8 Å². The Labute approximate surface area is 118 Å². The number of hydrogen-bond donors (Lipinski definition) is 1. The summed E-state index contributed by atoms with van der Waals surface area (Å²) in [5.74, 6) is -1.60. The summed E-state index contributed by atoms with van der Waals surface area (Å²) in [4.78, 5) is 38.7. The zero-order chi connectivity index (χ0) is 14.7. The van der Waals surface area contributed by atoms with Crippen LogP contribution in [0.1, 0.15) is 39.0 Å². The fourth-order valence-electron chi connectivity index (χ4n) is 2.96. The number of carboxylic acid groups (broad SMARTS) is 1. The zero-order valence-electron chi connectivity index (χ0n) is 11.9. The number of amides is 2. The number of carbonyl (C=O) groups is 3. The van der Waals surface area contributed by atoms with Crippen LogP contribution in [0, 0.1) is 5.92 Å². The van der Waals surface area contributed by atoms with Gasteiger partial charge in [0.05, 0.1) is 5.92 Å². The highest BCUT2D eigenvalue weighted by molar-refractivity contribution is 5.88. The van der Waals surface area contributed by atoms with Crippen molar-refractivity contribution in [1.82, 2.24) is 9.80 Å². The molecule has 0 saturated carbocycles. The molecule has 0 aromatic carbocycles. The van der Waals surface area contributed by atoms with E-state index in [4.69, 9.17) is 5.11 Å². The third-order valence-electron chi connectivity index (χ3n) is 4.29. The van der Waals surface area contributed by atoms with Crippen LogP contribution in [0.15, 0.2) is 0 Å². The molecule has 2 amide bonds. The predicted octanol–water partition coefficient (Wildman–Crippen LogP) is 0.711. The number of carboxylic acids is 1. The molecule has 2 saturated heterocycles. The number of carbonyl (C=O) groups excluding carboxylic acids is 2. The van der Waals surface area contributed by atoms with Gasteiger partial charge in [-0.15, -0.1) is 0 Å². The van der Waals surface area contributed by atoms with Crippen LogP contribution in [0.4, 0.5) is 0 Å². The molecule has 2 aliphatic rings. The molecule has 2 fully saturated rings. The molecule has 2 aliphatic heterocycles. The van der Waals surface area contributed by atoms with E-state index in [1.54, 1.807) is 11.8 Å². The molecule has 0 bridgehead atoms. The Hall–Kier alpha value is -1.59. The molecule has 2 rings (SSSR count). The van der Waals surface area contributed by atoms with E-state index in [0.29, 0.717) is 6.42 Å². The average Bonchev–Trinajstić information content (AvgIpc) is 2.47. The van der Waals surface area contributed by atoms with Crippen molar-refractivity contribution in [2.45, 2.75) is 45.1 Å². The smallest absolute Gasteiger partial charge is 0.308 e. The largest absolute Gasteiger partial charge is 0.481 e. The Kier molecular flexibility index (Phi) is 4.62. The lowest BCUT2D eigenvalue weighted by atomic mass is 9.96. The number of nitrogens with zero attached hydrogens (tertiary/aromatic N) is 2. The van der Waals surface area contributed by atoms with E-state index >= 15 is 0 Å². The summed E-state index contributed by atoms with van der Waals surface area (Å²) in [5.41, 5.74) is 0. The van der Waals surface area contributed by atoms with E-state index in [0.717, 1.165) is 32.4 Å². The molecule has 0 aromatic rings. The quantitative estimate of drug-likeness (QED) is 0.827. The van der Waals surface area contributed by atoms with Gasteiger partial charge < -0.3 is 14.9 Å². The lowest BCUT2D eigenvalue weighted by molar-refractivity contribution is -0.153. The number of likely N-dealkylation sites (tertiary alicyclic amines) is 2. The summed E-state index contributed by atoms with van der Waals surface area (Å²) in [5, 5.41) is 9.08. The standard InChI is InChI=1S/C14H22N2O4/c1-10(13(18)15-7-3-2-4-8-15)16-9-11(14(19)20)5-6-12(16)17/h10-11H,2-9H2,1H3,(H,19,20). The van der Waals surface area contributed by atoms with Gasteiger partial charge in [0.15, 0.2) is 0 Å².